The number of nitrogens with one attached hydrogen (secondary N) is 1. The van der Waals surface area contributed by atoms with Crippen LogP contribution >= 0.6 is 0 Å². The van der Waals surface area contributed by atoms with Crippen LogP contribution in [0.3, 0.4) is 0 Å². The number of carbonyl (C=O) groups is 2. The average Bonchev–Trinajstić information content (AvgIpc) is 3.32. The normalized spacial score (nSPS) is 14.4. The van der Waals surface area contributed by atoms with Crippen LogP contribution < -0.4 is 0 Å². The number of aromatic amines is 1. The lowest BCUT2D eigenvalue weighted by Crippen LogP contribution is -2.36. The topological polar surface area (TPSA) is 115 Å². The zero-order valence-corrected chi connectivity index (χ0v) is 19.8. The molecule has 0 saturated carbocycles. The van der Waals surface area contributed by atoms with E-state index in [4.69, 9.17) is 9.47 Å². The number of carbonyl (C=O) groups excluding carboxylic acids is 2. The average molecular weight is 468 g/mol. The summed E-state index contributed by atoms with van der Waals surface area (Å²) in [4.78, 5) is 42.8. The van der Waals surface area contributed by atoms with Gasteiger partial charge in [-0.25, -0.2) is 9.59 Å². The molecule has 3 rings (SSSR count). The molecule has 0 aliphatic carbocycles. The molecule has 0 unspecified atom stereocenters. The van der Waals surface area contributed by atoms with Crippen LogP contribution in [0.4, 0.5) is 5.69 Å². The lowest BCUT2D eigenvalue weighted by molar-refractivity contribution is -0.385. The number of nitro groups is 1. The summed E-state index contributed by atoms with van der Waals surface area (Å²) in [5, 5.41) is 11.9. The molecule has 2 aromatic rings. The summed E-state index contributed by atoms with van der Waals surface area (Å²) in [6.07, 6.45) is 2.46. The van der Waals surface area contributed by atoms with Crippen molar-refractivity contribution >= 4 is 17.6 Å². The van der Waals surface area contributed by atoms with Crippen molar-refractivity contribution in [1.29, 1.82) is 0 Å². The Morgan fingerprint density at radius 3 is 2.09 bits per heavy atom. The van der Waals surface area contributed by atoms with Crippen molar-refractivity contribution in [3.8, 4) is 0 Å². The van der Waals surface area contributed by atoms with Crippen molar-refractivity contribution in [1.82, 2.24) is 9.88 Å². The van der Waals surface area contributed by atoms with Crippen LogP contribution in [-0.4, -0.2) is 46.5 Å². The van der Waals surface area contributed by atoms with Crippen molar-refractivity contribution in [2.75, 3.05) is 19.8 Å². The SMILES string of the molecule is CCOC(=O)C1=C(C)N(CCc2ccc[nH]2)C(C)=C(C(=O)OCC)C1c1ccccc1[N+](=O)[O-]. The summed E-state index contributed by atoms with van der Waals surface area (Å²) in [6.45, 7) is 7.65. The van der Waals surface area contributed by atoms with Crippen LogP contribution in [0.1, 0.15) is 44.9 Å². The first-order valence-corrected chi connectivity index (χ1v) is 11.2. The fourth-order valence-electron chi connectivity index (χ4n) is 4.35. The third-order valence-electron chi connectivity index (χ3n) is 5.87. The Hall–Kier alpha value is -3.88. The second-order valence-electron chi connectivity index (χ2n) is 7.79. The van der Waals surface area contributed by atoms with E-state index in [1.54, 1.807) is 45.9 Å². The Bertz CT molecular complexity index is 1090. The number of benzene rings is 1. The van der Waals surface area contributed by atoms with Gasteiger partial charge in [0.2, 0.25) is 0 Å². The molecule has 0 bridgehead atoms. The highest BCUT2D eigenvalue weighted by molar-refractivity contribution is 6.00. The van der Waals surface area contributed by atoms with Crippen LogP contribution in [0, 0.1) is 10.1 Å². The molecule has 2 heterocycles. The van der Waals surface area contributed by atoms with Crippen LogP contribution in [0.2, 0.25) is 0 Å². The fourth-order valence-corrected chi connectivity index (χ4v) is 4.35. The van der Waals surface area contributed by atoms with Gasteiger partial charge < -0.3 is 19.4 Å². The van der Waals surface area contributed by atoms with E-state index in [2.05, 4.69) is 4.98 Å². The van der Waals surface area contributed by atoms with Gasteiger partial charge >= 0.3 is 11.9 Å². The van der Waals surface area contributed by atoms with E-state index in [-0.39, 0.29) is 35.6 Å². The van der Waals surface area contributed by atoms with Gasteiger partial charge in [-0.1, -0.05) is 18.2 Å². The molecule has 0 saturated heterocycles. The minimum Gasteiger partial charge on any atom is -0.463 e. The number of rotatable bonds is 9. The first-order chi connectivity index (χ1) is 16.3. The smallest absolute Gasteiger partial charge is 0.336 e. The third kappa shape index (κ3) is 4.88. The Balaban J connectivity index is 2.24. The van der Waals surface area contributed by atoms with Crippen molar-refractivity contribution in [3.05, 3.63) is 86.5 Å². The van der Waals surface area contributed by atoms with Gasteiger partial charge in [0.15, 0.2) is 0 Å². The Morgan fingerprint density at radius 1 is 1.00 bits per heavy atom. The maximum atomic E-state index is 13.2. The molecule has 1 N–H and O–H groups in total. The zero-order valence-electron chi connectivity index (χ0n) is 19.8. The largest absolute Gasteiger partial charge is 0.463 e. The number of allylic oxidation sites excluding steroid dienone is 2. The summed E-state index contributed by atoms with van der Waals surface area (Å²) >= 11 is 0. The molecule has 1 aliphatic rings. The highest BCUT2D eigenvalue weighted by atomic mass is 16.6. The lowest BCUT2D eigenvalue weighted by Gasteiger charge is -2.37. The van der Waals surface area contributed by atoms with Crippen LogP contribution in [-0.2, 0) is 25.5 Å². The molecule has 0 fully saturated rings. The molecule has 0 spiro atoms. The molecular weight excluding hydrogens is 438 g/mol. The highest BCUT2D eigenvalue weighted by Gasteiger charge is 2.42. The van der Waals surface area contributed by atoms with Gasteiger partial charge in [0.1, 0.15) is 0 Å². The molecule has 9 nitrogen and oxygen atoms in total. The van der Waals surface area contributed by atoms with Gasteiger partial charge in [-0.2, -0.15) is 0 Å². The van der Waals surface area contributed by atoms with E-state index < -0.39 is 22.8 Å². The Labute approximate surface area is 198 Å². The van der Waals surface area contributed by atoms with Gasteiger partial charge in [0.25, 0.3) is 5.69 Å². The summed E-state index contributed by atoms with van der Waals surface area (Å²) in [7, 11) is 0. The van der Waals surface area contributed by atoms with Crippen molar-refractivity contribution in [2.45, 2.75) is 40.0 Å². The first-order valence-electron chi connectivity index (χ1n) is 11.2. The first kappa shape index (κ1) is 24.8. The minimum absolute atomic E-state index is 0.124. The molecular formula is C25H29N3O6. The number of H-pyrrole nitrogens is 1. The van der Waals surface area contributed by atoms with E-state index in [0.29, 0.717) is 24.4 Å². The van der Waals surface area contributed by atoms with Crippen molar-refractivity contribution in [2.24, 2.45) is 0 Å². The molecule has 9 heteroatoms. The van der Waals surface area contributed by atoms with Gasteiger partial charge in [-0.3, -0.25) is 10.1 Å². The fraction of sp³-hybridized carbons (Fsp3) is 0.360. The van der Waals surface area contributed by atoms with E-state index >= 15 is 0 Å². The van der Waals surface area contributed by atoms with Crippen LogP contribution in [0.25, 0.3) is 0 Å². The van der Waals surface area contributed by atoms with Crippen LogP contribution in [0.5, 0.6) is 0 Å². The molecule has 0 atom stereocenters. The summed E-state index contributed by atoms with van der Waals surface area (Å²) in [5.74, 6) is -2.24. The van der Waals surface area contributed by atoms with Gasteiger partial charge in [0.05, 0.1) is 35.2 Å². The lowest BCUT2D eigenvalue weighted by atomic mass is 9.79. The number of nitro benzene ring substituents is 1. The predicted octanol–water partition coefficient (Wildman–Crippen LogP) is 4.24. The number of aromatic nitrogens is 1. The maximum Gasteiger partial charge on any atom is 0.336 e. The number of esters is 2. The maximum absolute atomic E-state index is 13.2. The molecule has 180 valence electrons. The molecule has 0 amide bonds. The number of nitrogens with zero attached hydrogens (tertiary/aromatic N) is 2. The minimum atomic E-state index is -0.999. The van der Waals surface area contributed by atoms with Crippen molar-refractivity contribution < 1.29 is 24.0 Å². The number of para-hydroxylation sites is 1. The Morgan fingerprint density at radius 2 is 1.59 bits per heavy atom. The second-order valence-corrected chi connectivity index (χ2v) is 7.79. The molecule has 1 aromatic heterocycles. The number of hydrogen-bond donors (Lipinski definition) is 1. The zero-order chi connectivity index (χ0) is 24.8. The second kappa shape index (κ2) is 10.8. The van der Waals surface area contributed by atoms with Gasteiger partial charge in [-0.15, -0.1) is 0 Å². The van der Waals surface area contributed by atoms with Gasteiger partial charge in [0, 0.05) is 47.9 Å². The van der Waals surface area contributed by atoms with Gasteiger partial charge in [-0.05, 0) is 39.8 Å². The van der Waals surface area contributed by atoms with E-state index in [0.717, 1.165) is 5.69 Å². The highest BCUT2D eigenvalue weighted by Crippen LogP contribution is 2.45. The monoisotopic (exact) mass is 467 g/mol. The van der Waals surface area contributed by atoms with Crippen molar-refractivity contribution in [3.63, 3.8) is 0 Å². The number of hydrogen-bond acceptors (Lipinski definition) is 7. The predicted molar refractivity (Wildman–Crippen MR) is 126 cm³/mol. The molecule has 34 heavy (non-hydrogen) atoms. The standard InChI is InChI=1S/C25H29N3O6/c1-5-33-24(29)21-16(3)27(15-13-18-10-9-14-26-18)17(4)22(25(30)34-6-2)23(21)19-11-7-8-12-20(19)28(31)32/h7-12,14,23,26H,5-6,13,15H2,1-4H3. The van der Waals surface area contributed by atoms with E-state index in [1.165, 1.54) is 6.07 Å². The van der Waals surface area contributed by atoms with E-state index in [9.17, 15) is 19.7 Å². The molecule has 1 aromatic carbocycles. The Kier molecular flexibility index (Phi) is 7.88. The van der Waals surface area contributed by atoms with E-state index in [1.807, 2.05) is 23.2 Å². The quantitative estimate of drug-likeness (QED) is 0.333. The third-order valence-corrected chi connectivity index (χ3v) is 5.87. The van der Waals surface area contributed by atoms with Crippen LogP contribution in [0.15, 0.2) is 65.1 Å². The summed E-state index contributed by atoms with van der Waals surface area (Å²) < 4.78 is 10.7. The summed E-state index contributed by atoms with van der Waals surface area (Å²) in [6, 6.07) is 9.98. The summed E-state index contributed by atoms with van der Waals surface area (Å²) in [5.41, 5.74) is 2.60. The molecule has 1 aliphatic heterocycles. The molecule has 0 radical (unpaired) electrons. The number of ether oxygens (including phenoxy) is 2.